The highest BCUT2D eigenvalue weighted by Gasteiger charge is 2.19. The molecule has 0 aliphatic carbocycles. The zero-order valence-electron chi connectivity index (χ0n) is 24.2. The number of hydrogen-bond acceptors (Lipinski definition) is 0. The summed E-state index contributed by atoms with van der Waals surface area (Å²) in [6.45, 7) is 0. The third-order valence-corrected chi connectivity index (χ3v) is 9.21. The van der Waals surface area contributed by atoms with E-state index in [1.807, 2.05) is 0 Å². The first-order chi connectivity index (χ1) is 21.8. The lowest BCUT2D eigenvalue weighted by atomic mass is 9.83. The molecule has 0 heteroatoms. The van der Waals surface area contributed by atoms with Gasteiger partial charge in [0.25, 0.3) is 0 Å². The van der Waals surface area contributed by atoms with Gasteiger partial charge in [-0.2, -0.15) is 0 Å². The Kier molecular flexibility index (Phi) is 5.61. The molecule has 9 rings (SSSR count). The molecule has 0 fully saturated rings. The Hall–Kier alpha value is -5.72. The molecule has 0 amide bonds. The summed E-state index contributed by atoms with van der Waals surface area (Å²) >= 11 is 0. The molecule has 0 spiro atoms. The maximum Gasteiger partial charge on any atom is -0.00199 e. The minimum atomic E-state index is 1.23. The Labute approximate surface area is 256 Å². The molecule has 0 bridgehead atoms. The van der Waals surface area contributed by atoms with Gasteiger partial charge in [0.05, 0.1) is 0 Å². The van der Waals surface area contributed by atoms with Gasteiger partial charge in [-0.1, -0.05) is 152 Å². The van der Waals surface area contributed by atoms with Crippen LogP contribution >= 0.6 is 0 Å². The summed E-state index contributed by atoms with van der Waals surface area (Å²) in [6, 6.07) is 62.4. The van der Waals surface area contributed by atoms with Crippen LogP contribution in [0.5, 0.6) is 0 Å². The molecule has 0 atom stereocenters. The Morgan fingerprint density at radius 2 is 0.750 bits per heavy atom. The molecule has 0 aromatic heterocycles. The second-order valence-electron chi connectivity index (χ2n) is 11.7. The van der Waals surface area contributed by atoms with E-state index in [0.717, 1.165) is 0 Å². The van der Waals surface area contributed by atoms with Crippen molar-refractivity contribution in [2.75, 3.05) is 0 Å². The highest BCUT2D eigenvalue weighted by molar-refractivity contribution is 6.26. The van der Waals surface area contributed by atoms with E-state index in [1.54, 1.807) is 0 Å². The molecule has 0 unspecified atom stereocenters. The summed E-state index contributed by atoms with van der Waals surface area (Å²) in [5, 5.41) is 12.7. The molecule has 204 valence electrons. The molecule has 0 saturated carbocycles. The van der Waals surface area contributed by atoms with Crippen LogP contribution < -0.4 is 0 Å². The highest BCUT2D eigenvalue weighted by atomic mass is 14.2. The average Bonchev–Trinajstić information content (AvgIpc) is 3.10. The molecule has 9 aromatic carbocycles. The normalized spacial score (nSPS) is 11.6. The van der Waals surface area contributed by atoms with Crippen molar-refractivity contribution in [2.45, 2.75) is 0 Å². The van der Waals surface area contributed by atoms with Crippen LogP contribution in [-0.2, 0) is 0 Å². The molecule has 0 aliphatic heterocycles. The molecule has 0 N–H and O–H groups in total. The van der Waals surface area contributed by atoms with Crippen LogP contribution in [0.1, 0.15) is 0 Å². The minimum Gasteiger partial charge on any atom is -0.0622 e. The molecule has 0 nitrogen and oxygen atoms in total. The molecule has 0 saturated heterocycles. The van der Waals surface area contributed by atoms with E-state index < -0.39 is 0 Å². The summed E-state index contributed by atoms with van der Waals surface area (Å²) in [5.74, 6) is 0. The van der Waals surface area contributed by atoms with Crippen LogP contribution in [0.2, 0.25) is 0 Å². The van der Waals surface area contributed by atoms with Crippen LogP contribution in [0, 0.1) is 0 Å². The van der Waals surface area contributed by atoms with E-state index in [1.165, 1.54) is 87.2 Å². The van der Waals surface area contributed by atoms with Gasteiger partial charge >= 0.3 is 0 Å². The first-order valence-corrected chi connectivity index (χ1v) is 15.3. The Balaban J connectivity index is 1.42. The van der Waals surface area contributed by atoms with E-state index in [4.69, 9.17) is 0 Å². The quantitative estimate of drug-likeness (QED) is 0.150. The second kappa shape index (κ2) is 9.93. The summed E-state index contributed by atoms with van der Waals surface area (Å²) in [7, 11) is 0. The monoisotopic (exact) mass is 556 g/mol. The van der Waals surface area contributed by atoms with Gasteiger partial charge in [0.1, 0.15) is 0 Å². The molecular weight excluding hydrogens is 528 g/mol. The van der Waals surface area contributed by atoms with Crippen molar-refractivity contribution in [3.8, 4) is 33.4 Å². The maximum absolute atomic E-state index is 2.41. The number of benzene rings is 9. The van der Waals surface area contributed by atoms with E-state index >= 15 is 0 Å². The lowest BCUT2D eigenvalue weighted by molar-refractivity contribution is 1.66. The number of fused-ring (bicyclic) bond motifs is 6. The first kappa shape index (κ1) is 24.8. The van der Waals surface area contributed by atoms with Gasteiger partial charge in [-0.3, -0.25) is 0 Å². The third kappa shape index (κ3) is 3.85. The third-order valence-electron chi connectivity index (χ3n) is 9.21. The largest absolute Gasteiger partial charge is 0.0622 e. The fourth-order valence-electron chi connectivity index (χ4n) is 7.19. The molecule has 9 aromatic rings. The fourth-order valence-corrected chi connectivity index (χ4v) is 7.19. The number of hydrogen-bond donors (Lipinski definition) is 0. The standard InChI is InChI=1S/C44H28/c1-2-13-30(14-3-1)43-37-18-8-10-20-39(37)44(40-21-11-9-19-38(40)43)42-28-34-16-6-7-17-35(34)36-25-24-33(27-41(36)42)32-23-22-29-12-4-5-15-31(29)26-32/h1-28H. The predicted octanol–water partition coefficient (Wildman–Crippen LogP) is 12.5. The highest BCUT2D eigenvalue weighted by Crippen LogP contribution is 2.47. The average molecular weight is 557 g/mol. The summed E-state index contributed by atoms with van der Waals surface area (Å²) in [6.07, 6.45) is 0. The summed E-state index contributed by atoms with van der Waals surface area (Å²) < 4.78 is 0. The van der Waals surface area contributed by atoms with E-state index in [0.29, 0.717) is 0 Å². The van der Waals surface area contributed by atoms with Crippen molar-refractivity contribution >= 4 is 53.9 Å². The summed E-state index contributed by atoms with van der Waals surface area (Å²) in [4.78, 5) is 0. The van der Waals surface area contributed by atoms with Gasteiger partial charge in [0.15, 0.2) is 0 Å². The van der Waals surface area contributed by atoms with Gasteiger partial charge in [-0.25, -0.2) is 0 Å². The van der Waals surface area contributed by atoms with Crippen molar-refractivity contribution in [2.24, 2.45) is 0 Å². The van der Waals surface area contributed by atoms with Crippen molar-refractivity contribution < 1.29 is 0 Å². The van der Waals surface area contributed by atoms with Gasteiger partial charge in [0, 0.05) is 0 Å². The second-order valence-corrected chi connectivity index (χ2v) is 11.7. The van der Waals surface area contributed by atoms with Crippen molar-refractivity contribution in [1.82, 2.24) is 0 Å². The smallest absolute Gasteiger partial charge is 0.00199 e. The molecule has 44 heavy (non-hydrogen) atoms. The molecule has 0 radical (unpaired) electrons. The van der Waals surface area contributed by atoms with Crippen LogP contribution in [-0.4, -0.2) is 0 Å². The van der Waals surface area contributed by atoms with E-state index in [2.05, 4.69) is 170 Å². The maximum atomic E-state index is 2.41. The first-order valence-electron chi connectivity index (χ1n) is 15.3. The predicted molar refractivity (Wildman–Crippen MR) is 190 cm³/mol. The van der Waals surface area contributed by atoms with Gasteiger partial charge in [0.2, 0.25) is 0 Å². The Morgan fingerprint density at radius 3 is 1.45 bits per heavy atom. The van der Waals surface area contributed by atoms with E-state index in [9.17, 15) is 0 Å². The molecule has 0 aliphatic rings. The Morgan fingerprint density at radius 1 is 0.227 bits per heavy atom. The van der Waals surface area contributed by atoms with Crippen LogP contribution in [0.15, 0.2) is 170 Å². The fraction of sp³-hybridized carbons (Fsp3) is 0. The molecular formula is C44H28. The minimum absolute atomic E-state index is 1.23. The zero-order valence-corrected chi connectivity index (χ0v) is 24.2. The molecule has 0 heterocycles. The lowest BCUT2D eigenvalue weighted by Gasteiger charge is -2.20. The number of rotatable bonds is 3. The summed E-state index contributed by atoms with van der Waals surface area (Å²) in [5.41, 5.74) is 7.57. The van der Waals surface area contributed by atoms with Gasteiger partial charge in [-0.05, 0) is 105 Å². The topological polar surface area (TPSA) is 0 Å². The SMILES string of the molecule is c1ccc(-c2c3ccccc3c(-c3cc4ccccc4c4ccc(-c5ccc6ccccc6c5)cc34)c3ccccc23)cc1. The lowest BCUT2D eigenvalue weighted by Crippen LogP contribution is -1.92. The van der Waals surface area contributed by atoms with Crippen LogP contribution in [0.3, 0.4) is 0 Å². The van der Waals surface area contributed by atoms with Crippen molar-refractivity contribution in [3.63, 3.8) is 0 Å². The van der Waals surface area contributed by atoms with E-state index in [-0.39, 0.29) is 0 Å². The van der Waals surface area contributed by atoms with Crippen molar-refractivity contribution in [1.29, 1.82) is 0 Å². The zero-order chi connectivity index (χ0) is 29.0. The Bertz CT molecular complexity index is 2480. The van der Waals surface area contributed by atoms with Crippen LogP contribution in [0.25, 0.3) is 87.2 Å². The van der Waals surface area contributed by atoms with Gasteiger partial charge < -0.3 is 0 Å². The van der Waals surface area contributed by atoms with Gasteiger partial charge in [-0.15, -0.1) is 0 Å². The van der Waals surface area contributed by atoms with Crippen LogP contribution in [0.4, 0.5) is 0 Å². The van der Waals surface area contributed by atoms with Crippen molar-refractivity contribution in [3.05, 3.63) is 170 Å².